The number of hydrogen-bond donors (Lipinski definition) is 2. The van der Waals surface area contributed by atoms with E-state index < -0.39 is 0 Å². The Morgan fingerprint density at radius 3 is 3.19 bits per heavy atom. The summed E-state index contributed by atoms with van der Waals surface area (Å²) in [6, 6.07) is 0. The molecule has 0 atom stereocenters. The molecule has 0 radical (unpaired) electrons. The summed E-state index contributed by atoms with van der Waals surface area (Å²) in [6.45, 7) is 1.27. The van der Waals surface area contributed by atoms with Crippen molar-refractivity contribution in [3.63, 3.8) is 0 Å². The van der Waals surface area contributed by atoms with E-state index in [1.807, 2.05) is 0 Å². The lowest BCUT2D eigenvalue weighted by atomic mass is 10.4. The van der Waals surface area contributed by atoms with E-state index in [2.05, 4.69) is 30.8 Å². The number of rotatable bonds is 5. The minimum atomic E-state index is -0.254. The van der Waals surface area contributed by atoms with Crippen molar-refractivity contribution in [2.45, 2.75) is 13.0 Å². The van der Waals surface area contributed by atoms with Gasteiger partial charge in [-0.15, -0.1) is 5.10 Å². The van der Waals surface area contributed by atoms with E-state index in [9.17, 15) is 4.79 Å². The minimum absolute atomic E-state index is 0.223. The molecular weight excluding hydrogens is 210 g/mol. The molecule has 0 bridgehead atoms. The van der Waals surface area contributed by atoms with Gasteiger partial charge in [0.25, 0.3) is 5.91 Å². The van der Waals surface area contributed by atoms with Gasteiger partial charge < -0.3 is 5.32 Å². The molecule has 2 aromatic rings. The fourth-order valence-corrected chi connectivity index (χ4v) is 1.19. The van der Waals surface area contributed by atoms with E-state index in [0.717, 1.165) is 13.0 Å². The summed E-state index contributed by atoms with van der Waals surface area (Å²) in [7, 11) is 0. The predicted octanol–water partition coefficient (Wildman–Crippen LogP) is -0.784. The lowest BCUT2D eigenvalue weighted by molar-refractivity contribution is 0.0942. The van der Waals surface area contributed by atoms with Crippen LogP contribution in [0.5, 0.6) is 0 Å². The number of nitrogens with one attached hydrogen (secondary N) is 2. The molecular formula is C8H11N7O. The van der Waals surface area contributed by atoms with Crippen LogP contribution in [0.3, 0.4) is 0 Å². The van der Waals surface area contributed by atoms with Crippen LogP contribution in [0.1, 0.15) is 17.0 Å². The summed E-state index contributed by atoms with van der Waals surface area (Å²) < 4.78 is 1.71. The highest BCUT2D eigenvalue weighted by Crippen LogP contribution is 1.88. The Kier molecular flexibility index (Phi) is 3.22. The molecule has 0 aliphatic heterocycles. The molecule has 84 valence electrons. The number of amides is 1. The second-order valence-corrected chi connectivity index (χ2v) is 3.11. The van der Waals surface area contributed by atoms with Crippen LogP contribution in [-0.4, -0.2) is 42.6 Å². The predicted molar refractivity (Wildman–Crippen MR) is 53.4 cm³/mol. The lowest BCUT2D eigenvalue weighted by Crippen LogP contribution is -2.26. The average Bonchev–Trinajstić information content (AvgIpc) is 2.96. The molecule has 0 unspecified atom stereocenters. The molecule has 16 heavy (non-hydrogen) atoms. The fourth-order valence-electron chi connectivity index (χ4n) is 1.19. The van der Waals surface area contributed by atoms with E-state index in [1.165, 1.54) is 6.33 Å². The van der Waals surface area contributed by atoms with E-state index in [4.69, 9.17) is 0 Å². The average molecular weight is 221 g/mol. The Morgan fingerprint density at radius 2 is 2.50 bits per heavy atom. The van der Waals surface area contributed by atoms with Crippen molar-refractivity contribution in [2.75, 3.05) is 6.54 Å². The van der Waals surface area contributed by atoms with Crippen LogP contribution in [0, 0.1) is 0 Å². The normalized spacial score (nSPS) is 10.2. The lowest BCUT2D eigenvalue weighted by Gasteiger charge is -2.02. The van der Waals surface area contributed by atoms with Gasteiger partial charge in [-0.1, -0.05) is 5.21 Å². The van der Waals surface area contributed by atoms with Gasteiger partial charge in [0.2, 0.25) is 5.82 Å². The monoisotopic (exact) mass is 221 g/mol. The third-order valence-corrected chi connectivity index (χ3v) is 1.95. The van der Waals surface area contributed by atoms with Crippen LogP contribution in [0.4, 0.5) is 0 Å². The van der Waals surface area contributed by atoms with Gasteiger partial charge in [0.15, 0.2) is 0 Å². The van der Waals surface area contributed by atoms with E-state index in [1.54, 1.807) is 17.1 Å². The smallest absolute Gasteiger partial charge is 0.288 e. The quantitative estimate of drug-likeness (QED) is 0.645. The maximum absolute atomic E-state index is 11.4. The van der Waals surface area contributed by atoms with Gasteiger partial charge in [-0.05, 0) is 6.42 Å². The van der Waals surface area contributed by atoms with Gasteiger partial charge >= 0.3 is 0 Å². The number of aromatic nitrogens is 6. The molecule has 0 fully saturated rings. The third-order valence-electron chi connectivity index (χ3n) is 1.95. The number of H-pyrrole nitrogens is 1. The molecule has 0 aliphatic carbocycles. The Bertz CT molecular complexity index is 421. The Balaban J connectivity index is 1.67. The Morgan fingerprint density at radius 1 is 1.56 bits per heavy atom. The summed E-state index contributed by atoms with van der Waals surface area (Å²) in [5.74, 6) is -0.0307. The zero-order valence-electron chi connectivity index (χ0n) is 8.50. The number of carbonyl (C=O) groups is 1. The number of aromatic amines is 1. The van der Waals surface area contributed by atoms with Crippen molar-refractivity contribution in [3.8, 4) is 0 Å². The molecule has 2 N–H and O–H groups in total. The first-order chi connectivity index (χ1) is 7.86. The molecule has 8 nitrogen and oxygen atoms in total. The summed E-state index contributed by atoms with van der Waals surface area (Å²) >= 11 is 0. The van der Waals surface area contributed by atoms with Crippen molar-refractivity contribution >= 4 is 5.91 Å². The van der Waals surface area contributed by atoms with Crippen molar-refractivity contribution in [1.29, 1.82) is 0 Å². The van der Waals surface area contributed by atoms with Crippen LogP contribution in [0.2, 0.25) is 0 Å². The zero-order chi connectivity index (χ0) is 11.2. The highest BCUT2D eigenvalue weighted by atomic mass is 16.2. The van der Waals surface area contributed by atoms with Crippen LogP contribution in [0.15, 0.2) is 18.7 Å². The molecule has 1 amide bonds. The highest BCUT2D eigenvalue weighted by molar-refractivity contribution is 5.90. The van der Waals surface area contributed by atoms with Gasteiger partial charge in [0, 0.05) is 19.3 Å². The maximum atomic E-state index is 11.4. The van der Waals surface area contributed by atoms with Gasteiger partial charge in [-0.2, -0.15) is 5.10 Å². The van der Waals surface area contributed by atoms with Gasteiger partial charge in [-0.25, -0.2) is 4.98 Å². The van der Waals surface area contributed by atoms with Crippen molar-refractivity contribution in [2.24, 2.45) is 0 Å². The third kappa shape index (κ3) is 2.62. The number of aryl methyl sites for hydroxylation is 1. The topological polar surface area (TPSA) is 101 Å². The summed E-state index contributed by atoms with van der Waals surface area (Å²) in [5.41, 5.74) is 0. The summed E-state index contributed by atoms with van der Waals surface area (Å²) in [6.07, 6.45) is 5.47. The first kappa shape index (κ1) is 10.3. The fraction of sp³-hybridized carbons (Fsp3) is 0.375. The molecule has 0 saturated heterocycles. The summed E-state index contributed by atoms with van der Waals surface area (Å²) in [5, 5.41) is 16.3. The number of carbonyl (C=O) groups excluding carboxylic acids is 1. The van der Waals surface area contributed by atoms with E-state index in [-0.39, 0.29) is 11.7 Å². The molecule has 0 spiro atoms. The highest BCUT2D eigenvalue weighted by Gasteiger charge is 2.06. The zero-order valence-corrected chi connectivity index (χ0v) is 8.50. The second-order valence-electron chi connectivity index (χ2n) is 3.11. The Labute approximate surface area is 91.1 Å². The first-order valence-corrected chi connectivity index (χ1v) is 4.84. The first-order valence-electron chi connectivity index (χ1n) is 4.84. The van der Waals surface area contributed by atoms with Crippen molar-refractivity contribution in [1.82, 2.24) is 35.5 Å². The van der Waals surface area contributed by atoms with Crippen LogP contribution in [-0.2, 0) is 6.54 Å². The number of nitrogens with zero attached hydrogens (tertiary/aromatic N) is 5. The van der Waals surface area contributed by atoms with E-state index >= 15 is 0 Å². The minimum Gasteiger partial charge on any atom is -0.349 e. The second kappa shape index (κ2) is 5.01. The largest absolute Gasteiger partial charge is 0.349 e. The van der Waals surface area contributed by atoms with Crippen LogP contribution < -0.4 is 5.32 Å². The Hall–Kier alpha value is -2.25. The van der Waals surface area contributed by atoms with Gasteiger partial charge in [-0.3, -0.25) is 14.6 Å². The molecule has 0 aliphatic rings. The molecule has 0 aromatic carbocycles. The molecule has 0 saturated carbocycles. The number of hydrogen-bond acceptors (Lipinski definition) is 5. The van der Waals surface area contributed by atoms with Crippen molar-refractivity contribution < 1.29 is 4.79 Å². The van der Waals surface area contributed by atoms with Crippen LogP contribution in [0.25, 0.3) is 0 Å². The van der Waals surface area contributed by atoms with E-state index in [0.29, 0.717) is 6.54 Å². The molecule has 8 heteroatoms. The molecule has 2 heterocycles. The van der Waals surface area contributed by atoms with Crippen molar-refractivity contribution in [3.05, 3.63) is 24.5 Å². The van der Waals surface area contributed by atoms with Gasteiger partial charge in [0.1, 0.15) is 6.33 Å². The molecule has 2 rings (SSSR count). The summed E-state index contributed by atoms with van der Waals surface area (Å²) in [4.78, 5) is 15.1. The maximum Gasteiger partial charge on any atom is 0.288 e. The molecule has 2 aromatic heterocycles. The standard InChI is InChI=1S/C8H11N7O/c16-8(7-10-6-12-13-7)9-2-1-4-15-5-3-11-14-15/h3,5-6H,1-2,4H2,(H,9,16)(H,10,12,13). The SMILES string of the molecule is O=C(NCCCn1ccnn1)c1ncn[nH]1. The van der Waals surface area contributed by atoms with Crippen LogP contribution >= 0.6 is 0 Å². The van der Waals surface area contributed by atoms with Gasteiger partial charge in [0.05, 0.1) is 6.20 Å².